The van der Waals surface area contributed by atoms with E-state index >= 15 is 0 Å². The highest BCUT2D eigenvalue weighted by molar-refractivity contribution is 5.85. The first kappa shape index (κ1) is 15.0. The molecule has 0 unspecified atom stereocenters. The molecule has 1 aliphatic carbocycles. The SMILES string of the molecule is CN1CCC[C@@H]1Cc1c[nH]c2ccc(/C=C/C3(O)CCC3)cc12. The number of H-pyrrole nitrogens is 1. The molecule has 1 aromatic heterocycles. The van der Waals surface area contributed by atoms with Crippen LogP contribution in [-0.2, 0) is 6.42 Å². The lowest BCUT2D eigenvalue weighted by Gasteiger charge is -2.33. The Bertz CT molecular complexity index is 726. The third kappa shape index (κ3) is 2.96. The smallest absolute Gasteiger partial charge is 0.0831 e. The minimum Gasteiger partial charge on any atom is -0.386 e. The quantitative estimate of drug-likeness (QED) is 0.903. The van der Waals surface area contributed by atoms with E-state index in [1.807, 2.05) is 6.08 Å². The number of benzene rings is 1. The minimum atomic E-state index is -0.553. The van der Waals surface area contributed by atoms with Crippen molar-refractivity contribution in [3.63, 3.8) is 0 Å². The molecule has 4 rings (SSSR count). The highest BCUT2D eigenvalue weighted by Crippen LogP contribution is 2.33. The lowest BCUT2D eigenvalue weighted by atomic mass is 9.80. The second kappa shape index (κ2) is 5.81. The molecule has 0 bridgehead atoms. The van der Waals surface area contributed by atoms with Gasteiger partial charge in [0.2, 0.25) is 0 Å². The van der Waals surface area contributed by atoms with E-state index in [2.05, 4.69) is 47.4 Å². The van der Waals surface area contributed by atoms with Gasteiger partial charge in [0.05, 0.1) is 5.60 Å². The molecular formula is C20H26N2O. The topological polar surface area (TPSA) is 39.3 Å². The zero-order valence-electron chi connectivity index (χ0n) is 13.9. The Hall–Kier alpha value is -1.58. The second-order valence-electron chi connectivity index (χ2n) is 7.39. The molecule has 2 aromatic rings. The van der Waals surface area contributed by atoms with Gasteiger partial charge in [0.25, 0.3) is 0 Å². The fourth-order valence-corrected chi connectivity index (χ4v) is 3.92. The van der Waals surface area contributed by atoms with Gasteiger partial charge in [-0.05, 0) is 75.4 Å². The summed E-state index contributed by atoms with van der Waals surface area (Å²) in [5, 5.41) is 11.5. The van der Waals surface area contributed by atoms with Gasteiger partial charge in [-0.15, -0.1) is 0 Å². The van der Waals surface area contributed by atoms with Gasteiger partial charge in [-0.25, -0.2) is 0 Å². The Morgan fingerprint density at radius 2 is 2.22 bits per heavy atom. The van der Waals surface area contributed by atoms with E-state index in [-0.39, 0.29) is 0 Å². The molecule has 2 fully saturated rings. The van der Waals surface area contributed by atoms with Gasteiger partial charge in [-0.2, -0.15) is 0 Å². The number of hydrogen-bond donors (Lipinski definition) is 2. The van der Waals surface area contributed by atoms with Crippen LogP contribution in [0, 0.1) is 0 Å². The van der Waals surface area contributed by atoms with Crippen molar-refractivity contribution < 1.29 is 5.11 Å². The normalized spacial score (nSPS) is 24.5. The molecule has 0 amide bonds. The maximum absolute atomic E-state index is 10.2. The van der Waals surface area contributed by atoms with Gasteiger partial charge < -0.3 is 15.0 Å². The zero-order chi connectivity index (χ0) is 15.9. The fraction of sp³-hybridized carbons (Fsp3) is 0.500. The Labute approximate surface area is 138 Å². The summed E-state index contributed by atoms with van der Waals surface area (Å²) in [7, 11) is 2.24. The third-order valence-corrected chi connectivity index (χ3v) is 5.72. The number of fused-ring (bicyclic) bond motifs is 1. The van der Waals surface area contributed by atoms with Crippen molar-refractivity contribution in [1.82, 2.24) is 9.88 Å². The van der Waals surface area contributed by atoms with Crippen LogP contribution in [0.15, 0.2) is 30.5 Å². The molecule has 1 saturated carbocycles. The van der Waals surface area contributed by atoms with Crippen molar-refractivity contribution in [2.75, 3.05) is 13.6 Å². The molecular weight excluding hydrogens is 284 g/mol. The lowest BCUT2D eigenvalue weighted by Crippen LogP contribution is -2.33. The van der Waals surface area contributed by atoms with Crippen LogP contribution in [-0.4, -0.2) is 40.2 Å². The highest BCUT2D eigenvalue weighted by atomic mass is 16.3. The van der Waals surface area contributed by atoms with Crippen LogP contribution in [0.25, 0.3) is 17.0 Å². The van der Waals surface area contributed by atoms with Crippen molar-refractivity contribution in [2.45, 2.75) is 50.2 Å². The molecule has 0 radical (unpaired) electrons. The molecule has 2 heterocycles. The van der Waals surface area contributed by atoms with Crippen LogP contribution in [0.1, 0.15) is 43.2 Å². The average molecular weight is 310 g/mol. The van der Waals surface area contributed by atoms with Crippen LogP contribution in [0.4, 0.5) is 0 Å². The molecule has 3 nitrogen and oxygen atoms in total. The minimum absolute atomic E-state index is 0.553. The molecule has 3 heteroatoms. The van der Waals surface area contributed by atoms with Gasteiger partial charge in [0, 0.05) is 23.1 Å². The average Bonchev–Trinajstić information content (AvgIpc) is 3.11. The molecule has 2 aliphatic rings. The number of hydrogen-bond acceptors (Lipinski definition) is 2. The van der Waals surface area contributed by atoms with E-state index < -0.39 is 5.60 Å². The van der Waals surface area contributed by atoms with Crippen LogP contribution in [0.5, 0.6) is 0 Å². The van der Waals surface area contributed by atoms with E-state index in [0.717, 1.165) is 25.7 Å². The summed E-state index contributed by atoms with van der Waals surface area (Å²) in [5.41, 5.74) is 3.25. The van der Waals surface area contributed by atoms with Crippen LogP contribution >= 0.6 is 0 Å². The zero-order valence-corrected chi connectivity index (χ0v) is 13.9. The number of aliphatic hydroxyl groups is 1. The standard InChI is InChI=1S/C20H26N2O/c1-22-11-2-4-17(22)13-16-14-21-19-6-5-15(12-18(16)19)7-10-20(23)8-3-9-20/h5-7,10,12,14,17,21,23H,2-4,8-9,11,13H2,1H3/b10-7+/t17-/m1/s1. The van der Waals surface area contributed by atoms with E-state index in [4.69, 9.17) is 0 Å². The number of aromatic amines is 1. The summed E-state index contributed by atoms with van der Waals surface area (Å²) in [4.78, 5) is 5.89. The monoisotopic (exact) mass is 310 g/mol. The van der Waals surface area contributed by atoms with Gasteiger partial charge >= 0.3 is 0 Å². The maximum atomic E-state index is 10.2. The highest BCUT2D eigenvalue weighted by Gasteiger charge is 2.31. The van der Waals surface area contributed by atoms with Crippen molar-refractivity contribution in [3.8, 4) is 0 Å². The Morgan fingerprint density at radius 1 is 1.35 bits per heavy atom. The lowest BCUT2D eigenvalue weighted by molar-refractivity contribution is 0.0150. The van der Waals surface area contributed by atoms with Crippen LogP contribution < -0.4 is 0 Å². The molecule has 1 atom stereocenters. The number of rotatable bonds is 4. The maximum Gasteiger partial charge on any atom is 0.0831 e. The van der Waals surface area contributed by atoms with Crippen LogP contribution in [0.3, 0.4) is 0 Å². The second-order valence-corrected chi connectivity index (χ2v) is 7.39. The first-order valence-corrected chi connectivity index (χ1v) is 8.85. The Morgan fingerprint density at radius 3 is 2.91 bits per heavy atom. The number of likely N-dealkylation sites (N-methyl/N-ethyl adjacent to an activating group) is 1. The summed E-state index contributed by atoms with van der Waals surface area (Å²) >= 11 is 0. The van der Waals surface area contributed by atoms with Crippen molar-refractivity contribution >= 4 is 17.0 Å². The molecule has 2 N–H and O–H groups in total. The van der Waals surface area contributed by atoms with E-state index in [1.54, 1.807) is 0 Å². The largest absolute Gasteiger partial charge is 0.386 e. The van der Waals surface area contributed by atoms with Crippen molar-refractivity contribution in [3.05, 3.63) is 41.6 Å². The molecule has 1 aromatic carbocycles. The number of nitrogens with zero attached hydrogens (tertiary/aromatic N) is 1. The molecule has 23 heavy (non-hydrogen) atoms. The third-order valence-electron chi connectivity index (χ3n) is 5.72. The summed E-state index contributed by atoms with van der Waals surface area (Å²) < 4.78 is 0. The van der Waals surface area contributed by atoms with E-state index in [0.29, 0.717) is 6.04 Å². The number of aromatic nitrogens is 1. The Kier molecular flexibility index (Phi) is 3.78. The van der Waals surface area contributed by atoms with Crippen molar-refractivity contribution in [1.29, 1.82) is 0 Å². The first-order valence-electron chi connectivity index (χ1n) is 8.85. The number of nitrogens with one attached hydrogen (secondary N) is 1. The summed E-state index contributed by atoms with van der Waals surface area (Å²) in [6, 6.07) is 7.21. The van der Waals surface area contributed by atoms with Gasteiger partial charge in [0.1, 0.15) is 0 Å². The van der Waals surface area contributed by atoms with Gasteiger partial charge in [0.15, 0.2) is 0 Å². The molecule has 122 valence electrons. The summed E-state index contributed by atoms with van der Waals surface area (Å²) in [6.07, 6.45) is 12.9. The molecule has 1 saturated heterocycles. The fourth-order valence-electron chi connectivity index (χ4n) is 3.92. The summed E-state index contributed by atoms with van der Waals surface area (Å²) in [6.45, 7) is 1.22. The van der Waals surface area contributed by atoms with E-state index in [1.165, 1.54) is 41.4 Å². The van der Waals surface area contributed by atoms with E-state index in [9.17, 15) is 5.11 Å². The number of likely N-dealkylation sites (tertiary alicyclic amines) is 1. The Balaban J connectivity index is 1.58. The predicted octanol–water partition coefficient (Wildman–Crippen LogP) is 3.73. The molecule has 0 spiro atoms. The molecule has 1 aliphatic heterocycles. The van der Waals surface area contributed by atoms with Crippen molar-refractivity contribution in [2.24, 2.45) is 0 Å². The predicted molar refractivity (Wildman–Crippen MR) is 95.5 cm³/mol. The first-order chi connectivity index (χ1) is 11.1. The summed E-state index contributed by atoms with van der Waals surface area (Å²) in [5.74, 6) is 0. The van der Waals surface area contributed by atoms with Crippen LogP contribution in [0.2, 0.25) is 0 Å². The van der Waals surface area contributed by atoms with Gasteiger partial charge in [-0.1, -0.05) is 18.2 Å². The van der Waals surface area contributed by atoms with Gasteiger partial charge in [-0.3, -0.25) is 0 Å².